The maximum absolute atomic E-state index is 11.9. The minimum atomic E-state index is -0.823. The van der Waals surface area contributed by atoms with Gasteiger partial charge in [0.15, 0.2) is 0 Å². The van der Waals surface area contributed by atoms with Gasteiger partial charge in [0.1, 0.15) is 0 Å². The molecule has 4 aliphatic rings. The Kier molecular flexibility index (Phi) is 6.65. The van der Waals surface area contributed by atoms with Crippen LogP contribution in [0.2, 0.25) is 0 Å². The molecule has 194 valence electrons. The van der Waals surface area contributed by atoms with Gasteiger partial charge in [0.25, 0.3) is 0 Å². The summed E-state index contributed by atoms with van der Waals surface area (Å²) in [7, 11) is 1.71. The molecule has 0 saturated heterocycles. The second kappa shape index (κ2) is 9.19. The molecule has 5 nitrogen and oxygen atoms in total. The van der Waals surface area contributed by atoms with Crippen molar-refractivity contribution in [1.82, 2.24) is 9.78 Å². The van der Waals surface area contributed by atoms with Gasteiger partial charge in [-0.15, -0.1) is 6.42 Å². The molecule has 2 N–H and O–H groups in total. The zero-order valence-electron chi connectivity index (χ0n) is 22.2. The lowest BCUT2D eigenvalue weighted by Gasteiger charge is -2.64. The van der Waals surface area contributed by atoms with E-state index in [-0.39, 0.29) is 11.3 Å². The first-order chi connectivity index (χ1) is 16.6. The number of ether oxygens (including phenoxy) is 1. The predicted molar refractivity (Wildman–Crippen MR) is 137 cm³/mol. The summed E-state index contributed by atoms with van der Waals surface area (Å²) >= 11 is 0. The molecule has 10 atom stereocenters. The Morgan fingerprint density at radius 1 is 1.17 bits per heavy atom. The topological polar surface area (TPSA) is 67.5 Å². The molecule has 0 amide bonds. The first-order valence-electron chi connectivity index (χ1n) is 14.0. The highest BCUT2D eigenvalue weighted by Crippen LogP contribution is 2.66. The van der Waals surface area contributed by atoms with Crippen LogP contribution in [0.3, 0.4) is 0 Å². The number of methoxy groups -OCH3 is 1. The first-order valence-corrected chi connectivity index (χ1v) is 14.0. The number of fused-ring (bicyclic) bond motifs is 5. The van der Waals surface area contributed by atoms with Crippen molar-refractivity contribution in [3.05, 3.63) is 18.0 Å². The zero-order valence-corrected chi connectivity index (χ0v) is 22.2. The maximum atomic E-state index is 11.9. The number of hydrogen-bond acceptors (Lipinski definition) is 4. The fraction of sp³-hybridized carbons (Fsp3) is 0.833. The highest BCUT2D eigenvalue weighted by Gasteiger charge is 2.60. The van der Waals surface area contributed by atoms with E-state index in [1.165, 1.54) is 32.1 Å². The van der Waals surface area contributed by atoms with Gasteiger partial charge in [-0.3, -0.25) is 4.68 Å². The number of aromatic nitrogens is 2. The summed E-state index contributed by atoms with van der Waals surface area (Å²) < 4.78 is 7.21. The quantitative estimate of drug-likeness (QED) is 0.586. The monoisotopic (exact) mass is 482 g/mol. The third kappa shape index (κ3) is 4.38. The number of terminal acetylenes is 1. The van der Waals surface area contributed by atoms with Crippen molar-refractivity contribution in [3.8, 4) is 12.3 Å². The highest BCUT2D eigenvalue weighted by atomic mass is 16.5. The second-order valence-electron chi connectivity index (χ2n) is 13.3. The maximum Gasteiger partial charge on any atom is 0.0882 e. The van der Waals surface area contributed by atoms with E-state index in [2.05, 4.69) is 24.9 Å². The Morgan fingerprint density at radius 3 is 2.66 bits per heavy atom. The molecule has 1 aromatic heterocycles. The summed E-state index contributed by atoms with van der Waals surface area (Å²) in [5.74, 6) is 7.16. The molecule has 0 aliphatic heterocycles. The van der Waals surface area contributed by atoms with Gasteiger partial charge < -0.3 is 14.9 Å². The van der Waals surface area contributed by atoms with Crippen LogP contribution in [0.25, 0.3) is 0 Å². The predicted octanol–water partition coefficient (Wildman–Crippen LogP) is 4.90. The van der Waals surface area contributed by atoms with E-state index in [9.17, 15) is 10.2 Å². The molecule has 0 aromatic carbocycles. The molecule has 5 heteroatoms. The molecule has 4 fully saturated rings. The molecule has 1 aromatic rings. The third-order valence-electron chi connectivity index (χ3n) is 11.2. The van der Waals surface area contributed by atoms with Crippen molar-refractivity contribution in [2.24, 2.45) is 46.8 Å². The van der Waals surface area contributed by atoms with Crippen molar-refractivity contribution < 1.29 is 14.9 Å². The van der Waals surface area contributed by atoms with Gasteiger partial charge >= 0.3 is 0 Å². The average molecular weight is 483 g/mol. The van der Waals surface area contributed by atoms with E-state index >= 15 is 0 Å². The Morgan fingerprint density at radius 2 is 1.94 bits per heavy atom. The van der Waals surface area contributed by atoms with Crippen LogP contribution in [-0.4, -0.2) is 44.9 Å². The standard InChI is InChI=1S/C30H46N2O3/c1-6-21-16-31-32(17-21)18-29(4,33)26-10-7-20(2)27-25-9-8-22-15-30(34,19-35-5)14-12-23(22)24(25)11-13-28(26,27)3/h1,16-17,20,22-27,33-34H,7-15,18-19H2,2-5H3/t20-,22-,23+,24-,25-,26+,27+,28-,29+,30-/m1/s1. The van der Waals surface area contributed by atoms with E-state index < -0.39 is 11.2 Å². The largest absolute Gasteiger partial charge is 0.388 e. The fourth-order valence-corrected chi connectivity index (χ4v) is 10.0. The van der Waals surface area contributed by atoms with Gasteiger partial charge in [0.05, 0.1) is 36.1 Å². The molecule has 4 saturated carbocycles. The molecule has 4 aliphatic carbocycles. The van der Waals surface area contributed by atoms with Crippen LogP contribution in [0.1, 0.15) is 84.1 Å². The SMILES string of the molecule is C#Cc1cnn(C[C@](C)(O)[C@H]2CC[C@@H](C)[C@H]3[C@@H]4CC[C@@H]5C[C@@](O)(COC)CC[C@@H]5[C@H]4CC[C@@]32C)c1. The van der Waals surface area contributed by atoms with Gasteiger partial charge in [-0.2, -0.15) is 5.10 Å². The van der Waals surface area contributed by atoms with Crippen LogP contribution in [0.5, 0.6) is 0 Å². The van der Waals surface area contributed by atoms with Crippen LogP contribution in [0.15, 0.2) is 12.4 Å². The fourth-order valence-electron chi connectivity index (χ4n) is 10.0. The van der Waals surface area contributed by atoms with Gasteiger partial charge in [-0.25, -0.2) is 0 Å². The highest BCUT2D eigenvalue weighted by molar-refractivity contribution is 5.26. The van der Waals surface area contributed by atoms with Crippen molar-refractivity contribution in [1.29, 1.82) is 0 Å². The molecular formula is C30H46N2O3. The van der Waals surface area contributed by atoms with Crippen LogP contribution in [0, 0.1) is 59.2 Å². The van der Waals surface area contributed by atoms with E-state index in [4.69, 9.17) is 11.2 Å². The lowest BCUT2D eigenvalue weighted by Crippen LogP contribution is -2.60. The minimum absolute atomic E-state index is 0.142. The molecule has 0 unspecified atom stereocenters. The Bertz CT molecular complexity index is 950. The zero-order chi connectivity index (χ0) is 25.0. The number of aliphatic hydroxyl groups is 2. The smallest absolute Gasteiger partial charge is 0.0882 e. The van der Waals surface area contributed by atoms with Crippen LogP contribution < -0.4 is 0 Å². The van der Waals surface area contributed by atoms with E-state index in [0.29, 0.717) is 30.9 Å². The van der Waals surface area contributed by atoms with Crippen molar-refractivity contribution in [3.63, 3.8) is 0 Å². The van der Waals surface area contributed by atoms with Crippen LogP contribution in [-0.2, 0) is 11.3 Å². The molecule has 1 heterocycles. The molecule has 0 radical (unpaired) electrons. The molecule has 5 rings (SSSR count). The van der Waals surface area contributed by atoms with E-state index in [1.807, 2.05) is 17.8 Å². The lowest BCUT2D eigenvalue weighted by molar-refractivity contribution is -0.187. The Balaban J connectivity index is 1.36. The average Bonchev–Trinajstić information content (AvgIpc) is 3.24. The lowest BCUT2D eigenvalue weighted by atomic mass is 9.41. The van der Waals surface area contributed by atoms with Gasteiger partial charge in [0.2, 0.25) is 0 Å². The van der Waals surface area contributed by atoms with Crippen molar-refractivity contribution >= 4 is 0 Å². The minimum Gasteiger partial charge on any atom is -0.388 e. The van der Waals surface area contributed by atoms with E-state index in [0.717, 1.165) is 49.0 Å². The summed E-state index contributed by atoms with van der Waals surface area (Å²) in [6.07, 6.45) is 19.3. The summed E-state index contributed by atoms with van der Waals surface area (Å²) in [6.45, 7) is 7.98. The Hall–Kier alpha value is -1.35. The molecule has 0 spiro atoms. The summed E-state index contributed by atoms with van der Waals surface area (Å²) in [5.41, 5.74) is -0.539. The molecule has 0 bridgehead atoms. The van der Waals surface area contributed by atoms with Gasteiger partial charge in [-0.1, -0.05) is 26.2 Å². The summed E-state index contributed by atoms with van der Waals surface area (Å²) in [6, 6.07) is 0. The van der Waals surface area contributed by atoms with Crippen molar-refractivity contribution in [2.75, 3.05) is 13.7 Å². The Labute approximate surface area is 212 Å². The number of hydrogen-bond donors (Lipinski definition) is 2. The van der Waals surface area contributed by atoms with Crippen LogP contribution in [0.4, 0.5) is 0 Å². The molecule has 35 heavy (non-hydrogen) atoms. The summed E-state index contributed by atoms with van der Waals surface area (Å²) in [5, 5.41) is 27.4. The second-order valence-corrected chi connectivity index (χ2v) is 13.3. The number of rotatable bonds is 5. The summed E-state index contributed by atoms with van der Waals surface area (Å²) in [4.78, 5) is 0. The van der Waals surface area contributed by atoms with Crippen molar-refractivity contribution in [2.45, 2.75) is 96.3 Å². The molecular weight excluding hydrogens is 436 g/mol. The first kappa shape index (κ1) is 25.3. The van der Waals surface area contributed by atoms with Gasteiger partial charge in [-0.05, 0) is 105 Å². The third-order valence-corrected chi connectivity index (χ3v) is 11.2. The van der Waals surface area contributed by atoms with Crippen LogP contribution >= 0.6 is 0 Å². The normalized spacial score (nSPS) is 44.9. The number of nitrogens with zero attached hydrogens (tertiary/aromatic N) is 2. The van der Waals surface area contributed by atoms with E-state index in [1.54, 1.807) is 13.3 Å². The van der Waals surface area contributed by atoms with Gasteiger partial charge in [0, 0.05) is 13.3 Å².